The van der Waals surface area contributed by atoms with Gasteiger partial charge in [0.15, 0.2) is 0 Å². The predicted octanol–water partition coefficient (Wildman–Crippen LogP) is 3.22. The number of H-pyrrole nitrogens is 1. The molecule has 0 amide bonds. The van der Waals surface area contributed by atoms with Crippen LogP contribution in [0.25, 0.3) is 10.9 Å². The van der Waals surface area contributed by atoms with Gasteiger partial charge >= 0.3 is 0 Å². The number of nitrogens with one attached hydrogen (secondary N) is 2. The molecule has 2 aliphatic heterocycles. The molecule has 1 aromatic heterocycles. The molecule has 2 N–H and O–H groups in total. The van der Waals surface area contributed by atoms with E-state index in [0.29, 0.717) is 0 Å². The van der Waals surface area contributed by atoms with Crippen molar-refractivity contribution in [1.29, 1.82) is 0 Å². The topological polar surface area (TPSA) is 37.5 Å². The Morgan fingerprint density at radius 3 is 2.92 bits per heavy atom. The van der Waals surface area contributed by atoms with Crippen LogP contribution in [0.2, 0.25) is 0 Å². The first kappa shape index (κ1) is 15.7. The van der Waals surface area contributed by atoms with Crippen LogP contribution in [0, 0.1) is 5.92 Å². The van der Waals surface area contributed by atoms with Crippen molar-refractivity contribution in [2.75, 3.05) is 26.8 Å². The van der Waals surface area contributed by atoms with E-state index in [1.54, 1.807) is 0 Å². The highest BCUT2D eigenvalue weighted by atomic mass is 15.6. The lowest BCUT2D eigenvalue weighted by Gasteiger charge is -2.36. The van der Waals surface area contributed by atoms with Gasteiger partial charge in [-0.2, -0.15) is 0 Å². The summed E-state index contributed by atoms with van der Waals surface area (Å²) in [6.45, 7) is 3.17. The highest BCUT2D eigenvalue weighted by molar-refractivity contribution is 5.82. The summed E-state index contributed by atoms with van der Waals surface area (Å²) in [5.41, 5.74) is 8.77. The van der Waals surface area contributed by atoms with Gasteiger partial charge in [0.05, 0.1) is 18.1 Å². The molecule has 0 spiro atoms. The van der Waals surface area contributed by atoms with Gasteiger partial charge in [-0.1, -0.05) is 18.2 Å². The summed E-state index contributed by atoms with van der Waals surface area (Å²) in [6.07, 6.45) is 11.7. The van der Waals surface area contributed by atoms with Crippen molar-refractivity contribution in [3.63, 3.8) is 0 Å². The first-order valence-corrected chi connectivity index (χ1v) is 9.74. The second-order valence-corrected chi connectivity index (χ2v) is 7.84. The molecular formula is C21H27N5. The van der Waals surface area contributed by atoms with E-state index >= 15 is 0 Å². The number of fused-ring (bicyclic) bond motifs is 2. The van der Waals surface area contributed by atoms with E-state index in [-0.39, 0.29) is 0 Å². The molecule has 26 heavy (non-hydrogen) atoms. The second-order valence-electron chi connectivity index (χ2n) is 7.84. The fourth-order valence-electron chi connectivity index (χ4n) is 4.08. The Bertz CT molecular complexity index is 860. The normalized spacial score (nSPS) is 19.5. The quantitative estimate of drug-likeness (QED) is 0.840. The molecule has 5 heteroatoms. The van der Waals surface area contributed by atoms with Gasteiger partial charge in [-0.3, -0.25) is 5.01 Å². The molecule has 1 aliphatic carbocycles. The molecule has 1 saturated carbocycles. The molecule has 5 nitrogen and oxygen atoms in total. The average molecular weight is 349 g/mol. The van der Waals surface area contributed by atoms with Crippen molar-refractivity contribution >= 4 is 10.9 Å². The molecule has 3 aliphatic rings. The van der Waals surface area contributed by atoms with E-state index in [2.05, 4.69) is 75.1 Å². The number of aromatic nitrogens is 1. The standard InChI is InChI=1S/C21H27N5/c1-24-15-25(14-21-20(24)12-23-26(21)13-16-8-9-16)10-4-5-17-11-22-19-7-3-2-6-18(17)19/h2-3,6-7,11-12,14,16,22-23H,4-5,8-10,13,15H2,1H3. The largest absolute Gasteiger partial charge is 0.361 e. The number of hydrogen-bond acceptors (Lipinski definition) is 4. The zero-order chi connectivity index (χ0) is 17.5. The third kappa shape index (κ3) is 2.91. The highest BCUT2D eigenvalue weighted by Gasteiger charge is 2.32. The summed E-state index contributed by atoms with van der Waals surface area (Å²) in [7, 11) is 2.19. The molecule has 2 aromatic rings. The maximum absolute atomic E-state index is 3.45. The minimum absolute atomic E-state index is 0.874. The first-order valence-electron chi connectivity index (χ1n) is 9.74. The molecular weight excluding hydrogens is 322 g/mol. The van der Waals surface area contributed by atoms with Crippen molar-refractivity contribution in [3.8, 4) is 0 Å². The van der Waals surface area contributed by atoms with E-state index in [4.69, 9.17) is 0 Å². The Morgan fingerprint density at radius 1 is 1.15 bits per heavy atom. The maximum Gasteiger partial charge on any atom is 0.0980 e. The lowest BCUT2D eigenvalue weighted by Crippen LogP contribution is -2.40. The molecule has 0 saturated heterocycles. The van der Waals surface area contributed by atoms with Gasteiger partial charge in [-0.25, -0.2) is 0 Å². The molecule has 1 fully saturated rings. The number of para-hydroxylation sites is 1. The monoisotopic (exact) mass is 349 g/mol. The zero-order valence-corrected chi connectivity index (χ0v) is 15.4. The van der Waals surface area contributed by atoms with Crippen LogP contribution >= 0.6 is 0 Å². The van der Waals surface area contributed by atoms with E-state index in [1.165, 1.54) is 40.7 Å². The van der Waals surface area contributed by atoms with Crippen molar-refractivity contribution in [2.45, 2.75) is 25.7 Å². The van der Waals surface area contributed by atoms with Crippen LogP contribution in [0.3, 0.4) is 0 Å². The molecule has 136 valence electrons. The molecule has 0 radical (unpaired) electrons. The van der Waals surface area contributed by atoms with E-state index in [1.807, 2.05) is 0 Å². The number of aryl methyl sites for hydroxylation is 1. The van der Waals surface area contributed by atoms with Crippen LogP contribution < -0.4 is 5.43 Å². The Hall–Kier alpha value is -2.56. The minimum Gasteiger partial charge on any atom is -0.361 e. The Labute approximate surface area is 154 Å². The Morgan fingerprint density at radius 2 is 2.04 bits per heavy atom. The average Bonchev–Trinajstić information content (AvgIpc) is 3.23. The van der Waals surface area contributed by atoms with Crippen LogP contribution in [0.5, 0.6) is 0 Å². The summed E-state index contributed by atoms with van der Waals surface area (Å²) < 4.78 is 0. The van der Waals surface area contributed by atoms with Crippen LogP contribution in [0.15, 0.2) is 54.3 Å². The van der Waals surface area contributed by atoms with E-state index in [0.717, 1.165) is 38.5 Å². The maximum atomic E-state index is 3.45. The van der Waals surface area contributed by atoms with Crippen molar-refractivity contribution in [2.24, 2.45) is 5.92 Å². The van der Waals surface area contributed by atoms with Gasteiger partial charge in [0.25, 0.3) is 0 Å². The summed E-state index contributed by atoms with van der Waals surface area (Å²) in [5.74, 6) is 0.874. The number of aromatic amines is 1. The molecule has 5 rings (SSSR count). The summed E-state index contributed by atoms with van der Waals surface area (Å²) in [4.78, 5) is 8.19. The number of likely N-dealkylation sites (N-methyl/N-ethyl adjacent to an activating group) is 1. The molecule has 0 bridgehead atoms. The van der Waals surface area contributed by atoms with Crippen LogP contribution in [-0.4, -0.2) is 46.6 Å². The number of hydrogen-bond donors (Lipinski definition) is 2. The third-order valence-electron chi connectivity index (χ3n) is 5.72. The Kier molecular flexibility index (Phi) is 3.80. The summed E-state index contributed by atoms with van der Waals surface area (Å²) >= 11 is 0. The number of nitrogens with zero attached hydrogens (tertiary/aromatic N) is 3. The van der Waals surface area contributed by atoms with Crippen LogP contribution in [0.1, 0.15) is 24.8 Å². The first-order chi connectivity index (χ1) is 12.8. The third-order valence-corrected chi connectivity index (χ3v) is 5.72. The van der Waals surface area contributed by atoms with Gasteiger partial charge in [-0.05, 0) is 43.2 Å². The fourth-order valence-corrected chi connectivity index (χ4v) is 4.08. The second kappa shape index (κ2) is 6.31. The van der Waals surface area contributed by atoms with E-state index < -0.39 is 0 Å². The smallest absolute Gasteiger partial charge is 0.0980 e. The Balaban J connectivity index is 1.24. The number of benzene rings is 1. The highest BCUT2D eigenvalue weighted by Crippen LogP contribution is 2.34. The lowest BCUT2D eigenvalue weighted by molar-refractivity contribution is 0.200. The summed E-state index contributed by atoms with van der Waals surface area (Å²) in [5, 5.41) is 3.69. The fraction of sp³-hybridized carbons (Fsp3) is 0.429. The van der Waals surface area contributed by atoms with Gasteiger partial charge < -0.3 is 20.2 Å². The molecule has 0 unspecified atom stereocenters. The number of hydrazine groups is 1. The van der Waals surface area contributed by atoms with Crippen LogP contribution in [-0.2, 0) is 6.42 Å². The molecule has 0 atom stereocenters. The SMILES string of the molecule is CN1CN(CCCc2c[nH]c3ccccc23)C=C2C1=CNN2CC1CC1. The minimum atomic E-state index is 0.874. The van der Waals surface area contributed by atoms with Crippen molar-refractivity contribution in [1.82, 2.24) is 25.2 Å². The van der Waals surface area contributed by atoms with Gasteiger partial charge in [0.1, 0.15) is 0 Å². The predicted molar refractivity (Wildman–Crippen MR) is 105 cm³/mol. The van der Waals surface area contributed by atoms with Crippen molar-refractivity contribution in [3.05, 3.63) is 59.8 Å². The lowest BCUT2D eigenvalue weighted by atomic mass is 10.1. The van der Waals surface area contributed by atoms with Gasteiger partial charge in [-0.15, -0.1) is 0 Å². The van der Waals surface area contributed by atoms with Crippen LogP contribution in [0.4, 0.5) is 0 Å². The molecule has 1 aromatic carbocycles. The number of rotatable bonds is 6. The van der Waals surface area contributed by atoms with Gasteiger partial charge in [0.2, 0.25) is 0 Å². The van der Waals surface area contributed by atoms with Crippen molar-refractivity contribution < 1.29 is 0 Å². The van der Waals surface area contributed by atoms with Gasteiger partial charge in [0, 0.05) is 49.6 Å². The van der Waals surface area contributed by atoms with E-state index in [9.17, 15) is 0 Å². The zero-order valence-electron chi connectivity index (χ0n) is 15.4. The molecule has 3 heterocycles. The summed E-state index contributed by atoms with van der Waals surface area (Å²) in [6, 6.07) is 8.58.